The molecule has 43 nitrogen and oxygen atoms in total. The van der Waals surface area contributed by atoms with Crippen molar-refractivity contribution in [1.82, 2.24) is 59.4 Å². The maximum absolute atomic E-state index is 13.1. The summed E-state index contributed by atoms with van der Waals surface area (Å²) in [4.78, 5) is 203. The first-order chi connectivity index (χ1) is 63.3. The molecule has 9 rings (SSSR count). The first-order valence-electron chi connectivity index (χ1n) is 43.3. The van der Waals surface area contributed by atoms with E-state index in [2.05, 4.69) is 93.0 Å². The summed E-state index contributed by atoms with van der Waals surface area (Å²) in [5, 5.41) is 21.9. The van der Waals surface area contributed by atoms with E-state index in [-0.39, 0.29) is 70.4 Å². The first-order valence-corrected chi connectivity index (χ1v) is 46.3. The van der Waals surface area contributed by atoms with E-state index in [0.29, 0.717) is 143 Å². The van der Waals surface area contributed by atoms with E-state index in [1.165, 1.54) is 52.0 Å². The van der Waals surface area contributed by atoms with Gasteiger partial charge in [0.05, 0.1) is 79.3 Å². The van der Waals surface area contributed by atoms with E-state index in [4.69, 9.17) is 52.1 Å². The monoisotopic (exact) mass is 1930 g/mol. The van der Waals surface area contributed by atoms with Crippen molar-refractivity contribution < 1.29 is 132 Å². The number of aryl methyl sites for hydroxylation is 2. The number of carbonyl (C=O) groups excluding carboxylic acids is 15. The number of fused-ring (bicyclic) bond motifs is 2. The number of H-pyrrole nitrogens is 2. The molecule has 0 radical (unpaired) electrons. The molecule has 3 aliphatic heterocycles. The van der Waals surface area contributed by atoms with E-state index < -0.39 is 154 Å². The average Bonchev–Trinajstić information content (AvgIpc) is 1.63. The molecule has 8 N–H and O–H groups in total. The quantitative estimate of drug-likeness (QED) is 0.00953. The number of ether oxygens (including phenoxy) is 11. The van der Waals surface area contributed by atoms with Crippen LogP contribution in [-0.2, 0) is 117 Å². The molecule has 3 aliphatic rings. The van der Waals surface area contributed by atoms with Gasteiger partial charge in [-0.05, 0) is 183 Å². The molecule has 6 aromatic rings. The Morgan fingerprint density at radius 1 is 0.567 bits per heavy atom. The number of aromatic nitrogens is 6. The zero-order valence-electron chi connectivity index (χ0n) is 77.9. The number of amides is 5. The van der Waals surface area contributed by atoms with Gasteiger partial charge in [0.2, 0.25) is 5.82 Å². The highest BCUT2D eigenvalue weighted by atomic mass is 32.2. The van der Waals surface area contributed by atoms with Crippen LogP contribution in [0.25, 0.3) is 23.3 Å². The molecule has 0 aliphatic carbocycles. The van der Waals surface area contributed by atoms with Crippen LogP contribution in [0.15, 0.2) is 40.7 Å². The Bertz CT molecular complexity index is 5500. The summed E-state index contributed by atoms with van der Waals surface area (Å²) in [7, 11) is -4.52. The summed E-state index contributed by atoms with van der Waals surface area (Å²) in [6.45, 7) is 37.8. The van der Waals surface area contributed by atoms with Gasteiger partial charge in [-0.15, -0.1) is 14.6 Å². The van der Waals surface area contributed by atoms with Gasteiger partial charge in [-0.25, -0.2) is 28.7 Å². The standard InChI is InChI=1S/C48H66N8O14S.C40H49N7O14S2/c1-11-55(12-2)18-17-49-43(60)40-27(3)37(51-28(40)4)24-35-34-23-32(13-14-36(34)52-42(35)59)69-39(58)16-15-38(57)66-29(5)45(61)67-30(6)46(62)68-31(7)47(63)70-33(25-50-48(8,9)10)26-65-44-41(53-71-54-44)56-19-21-64-22-20-56;1-9-47(10-2)16-15-41-37(53)34-21(4)30(42-22(34)5)19-28-27-18-26(11-12-29(27)43-36(28)52)61-33(50)14-13-32(49)58-24(7)38(54)60-25(8)39(55)59-23(6)35(51)46-63(56,57)40-45-44-31(62-40)17-20(3)48/h13-14,23-24,29-31,33,50-51H,11-12,15-22,25-26H2,1-10H3,(H,49,60)(H,52,59);11-12,18-19,23-25,42H,9-10,13-17H2,1-8H3,(H,41,53)(H,43,52)(H,46,51)/b35-24-;28-19-. The van der Waals surface area contributed by atoms with Crippen LogP contribution in [0, 0.1) is 27.7 Å². The third kappa shape index (κ3) is 30.9. The van der Waals surface area contributed by atoms with Gasteiger partial charge in [0, 0.05) is 96.6 Å². The lowest BCUT2D eigenvalue weighted by Crippen LogP contribution is -2.45. The molecule has 728 valence electrons. The molecule has 0 saturated carbocycles. The molecule has 2 aromatic carbocycles. The summed E-state index contributed by atoms with van der Waals surface area (Å²) < 4.78 is 93.2. The summed E-state index contributed by atoms with van der Waals surface area (Å²) in [5.41, 5.74) is 6.70. The second-order valence-electron chi connectivity index (χ2n) is 32.2. The lowest BCUT2D eigenvalue weighted by Gasteiger charge is -2.28. The van der Waals surface area contributed by atoms with Crippen LogP contribution in [0.3, 0.4) is 0 Å². The number of benzene rings is 2. The van der Waals surface area contributed by atoms with Gasteiger partial charge in [0.15, 0.2) is 36.6 Å². The van der Waals surface area contributed by atoms with Crippen LogP contribution in [0.5, 0.6) is 17.4 Å². The Kier molecular flexibility index (Phi) is 39.2. The highest BCUT2D eigenvalue weighted by molar-refractivity contribution is 7.92. The molecule has 1 fully saturated rings. The molecular formula is C88H115N15O28S3. The molecule has 0 spiro atoms. The van der Waals surface area contributed by atoms with Crippen LogP contribution < -0.4 is 50.4 Å². The lowest BCUT2D eigenvalue weighted by molar-refractivity contribution is -0.183. The molecule has 7 atom stereocenters. The largest absolute Gasteiger partial charge is 0.470 e. The second-order valence-corrected chi connectivity index (χ2v) is 35.6. The number of nitrogens with one attached hydrogen (secondary N) is 8. The number of aromatic amines is 2. The third-order valence-electron chi connectivity index (χ3n) is 20.7. The minimum absolute atomic E-state index is 0.0741. The third-order valence-corrected chi connectivity index (χ3v) is 23.8. The number of anilines is 3. The van der Waals surface area contributed by atoms with E-state index in [1.54, 1.807) is 56.7 Å². The van der Waals surface area contributed by atoms with Crippen molar-refractivity contribution in [3.63, 3.8) is 0 Å². The van der Waals surface area contributed by atoms with Crippen molar-refractivity contribution in [2.24, 2.45) is 0 Å². The van der Waals surface area contributed by atoms with E-state index >= 15 is 0 Å². The Morgan fingerprint density at radius 2 is 0.985 bits per heavy atom. The van der Waals surface area contributed by atoms with Gasteiger partial charge in [0.25, 0.3) is 49.8 Å². The van der Waals surface area contributed by atoms with E-state index in [9.17, 15) is 80.3 Å². The normalized spacial score (nSPS) is 15.1. The molecular weight excluding hydrogens is 1810 g/mol. The summed E-state index contributed by atoms with van der Waals surface area (Å²) >= 11 is 1.57. The predicted molar refractivity (Wildman–Crippen MR) is 485 cm³/mol. The molecule has 1 saturated heterocycles. The molecule has 5 amide bonds. The fourth-order valence-corrected chi connectivity index (χ4v) is 15.9. The molecule has 7 unspecified atom stereocenters. The molecule has 7 heterocycles. The molecule has 0 bridgehead atoms. The average molecular weight is 1930 g/mol. The van der Waals surface area contributed by atoms with Crippen LogP contribution >= 0.6 is 23.1 Å². The maximum Gasteiger partial charge on any atom is 0.347 e. The van der Waals surface area contributed by atoms with E-state index in [1.807, 2.05) is 25.7 Å². The number of ketones is 1. The van der Waals surface area contributed by atoms with Gasteiger partial charge in [-0.1, -0.05) is 39.0 Å². The number of sulfonamides is 1. The Hall–Kier alpha value is -12.8. The number of carbonyl (C=O) groups is 15. The van der Waals surface area contributed by atoms with Crippen LogP contribution in [0.4, 0.5) is 17.2 Å². The second kappa shape index (κ2) is 49.3. The van der Waals surface area contributed by atoms with Gasteiger partial charge >= 0.3 is 53.7 Å². The first kappa shape index (κ1) is 107. The highest BCUT2D eigenvalue weighted by Gasteiger charge is 2.37. The summed E-state index contributed by atoms with van der Waals surface area (Å²) in [6.07, 6.45) is -8.84. The van der Waals surface area contributed by atoms with Crippen molar-refractivity contribution in [3.8, 4) is 17.4 Å². The van der Waals surface area contributed by atoms with Crippen molar-refractivity contribution in [1.29, 1.82) is 0 Å². The van der Waals surface area contributed by atoms with Crippen molar-refractivity contribution in [3.05, 3.63) is 97.6 Å². The van der Waals surface area contributed by atoms with Gasteiger partial charge in [-0.2, -0.15) is 12.8 Å². The number of morpholine rings is 1. The number of rotatable bonds is 45. The van der Waals surface area contributed by atoms with Crippen molar-refractivity contribution in [2.75, 3.05) is 107 Å². The van der Waals surface area contributed by atoms with Crippen molar-refractivity contribution >= 4 is 163 Å². The number of hydrogen-bond donors (Lipinski definition) is 8. The number of esters is 9. The Balaban J connectivity index is 0.000000332. The minimum atomic E-state index is -4.52. The summed E-state index contributed by atoms with van der Waals surface area (Å²) in [6, 6.07) is 9.06. The summed E-state index contributed by atoms with van der Waals surface area (Å²) in [5.74, 6) is -10.7. The number of Topliss-reactive ketones (excluding diaryl/α,β-unsaturated/α-hetero) is 1. The van der Waals surface area contributed by atoms with Crippen molar-refractivity contribution in [2.45, 2.75) is 209 Å². The topological polar surface area (TPSA) is 557 Å². The van der Waals surface area contributed by atoms with Crippen LogP contribution in [-0.4, -0.2) is 276 Å². The predicted octanol–water partition coefficient (Wildman–Crippen LogP) is 5.91. The lowest BCUT2D eigenvalue weighted by atomic mass is 10.0. The van der Waals surface area contributed by atoms with Crippen LogP contribution in [0.2, 0.25) is 0 Å². The molecule has 4 aromatic heterocycles. The fraction of sp³-hybridized carbons (Fsp3) is 0.511. The fourth-order valence-electron chi connectivity index (χ4n) is 13.2. The Morgan fingerprint density at radius 3 is 1.41 bits per heavy atom. The van der Waals surface area contributed by atoms with Crippen LogP contribution in [0.1, 0.15) is 193 Å². The smallest absolute Gasteiger partial charge is 0.347 e. The molecule has 134 heavy (non-hydrogen) atoms. The minimum Gasteiger partial charge on any atom is -0.470 e. The van der Waals surface area contributed by atoms with E-state index in [0.717, 1.165) is 58.7 Å². The zero-order valence-corrected chi connectivity index (χ0v) is 80.3. The molecule has 46 heteroatoms. The van der Waals surface area contributed by atoms with Gasteiger partial charge in [-0.3, -0.25) is 47.9 Å². The Labute approximate surface area is 782 Å². The van der Waals surface area contributed by atoms with Gasteiger partial charge in [0.1, 0.15) is 35.0 Å². The highest BCUT2D eigenvalue weighted by Crippen LogP contribution is 2.39. The number of likely N-dealkylation sites (N-methyl/N-ethyl adjacent to an activating group) is 2. The maximum atomic E-state index is 13.1. The number of hydrogen-bond acceptors (Lipinski definition) is 38. The van der Waals surface area contributed by atoms with Gasteiger partial charge < -0.3 is 103 Å². The zero-order chi connectivity index (χ0) is 98.8. The SMILES string of the molecule is CCN(CC)CCNC(=O)c1c(C)[nH]c(/C=C2\C(=O)Nc3ccc(OC(=O)CCC(=O)OC(C)C(=O)OC(C)C(=O)OC(C)C(=O)NS(=O)(=O)c4nnc(CC(C)=O)s4)cc32)c1C.CCN(CC)CCNC(=O)c1c(C)[nH]c(/C=C2\C(=O)Nc3ccc(OC(=O)CCC(=O)OC(C)C(=O)OC(C)C(=O)OC(C)C(=O)OC(CNC(C)(C)C)COc4nsnc4N4CCOCC4)cc32)c1C. The number of nitrogens with zero attached hydrogens (tertiary/aromatic N) is 7.